The van der Waals surface area contributed by atoms with Crippen LogP contribution in [0.15, 0.2) is 24.3 Å². The van der Waals surface area contributed by atoms with E-state index in [4.69, 9.17) is 11.6 Å². The summed E-state index contributed by atoms with van der Waals surface area (Å²) in [6, 6.07) is 7.55. The van der Waals surface area contributed by atoms with Gasteiger partial charge in [-0.3, -0.25) is 14.5 Å². The van der Waals surface area contributed by atoms with Gasteiger partial charge in [0, 0.05) is 25.2 Å². The van der Waals surface area contributed by atoms with Gasteiger partial charge in [0.15, 0.2) is 0 Å². The maximum atomic E-state index is 12.1. The molecular weight excluding hydrogens is 302 g/mol. The van der Waals surface area contributed by atoms with Crippen molar-refractivity contribution in [1.82, 2.24) is 15.1 Å². The minimum absolute atomic E-state index is 0.0869. The van der Waals surface area contributed by atoms with Gasteiger partial charge >= 0.3 is 0 Å². The molecule has 0 unspecified atom stereocenters. The molecule has 0 aliphatic heterocycles. The van der Waals surface area contributed by atoms with Gasteiger partial charge in [-0.25, -0.2) is 0 Å². The van der Waals surface area contributed by atoms with Crippen molar-refractivity contribution in [2.75, 3.05) is 33.7 Å². The third-order valence-electron chi connectivity index (χ3n) is 3.13. The number of likely N-dealkylation sites (N-methyl/N-ethyl adjacent to an activating group) is 2. The highest BCUT2D eigenvalue weighted by Crippen LogP contribution is 2.12. The SMILES string of the molecule is CCCNC(=O)CN(C)C(=O)CN(C)Cc1cccc(Cl)c1. The number of halogens is 1. The van der Waals surface area contributed by atoms with E-state index in [1.54, 1.807) is 7.05 Å². The summed E-state index contributed by atoms with van der Waals surface area (Å²) < 4.78 is 0. The van der Waals surface area contributed by atoms with Crippen molar-refractivity contribution >= 4 is 23.4 Å². The first-order chi connectivity index (χ1) is 10.4. The van der Waals surface area contributed by atoms with Crippen molar-refractivity contribution in [3.63, 3.8) is 0 Å². The van der Waals surface area contributed by atoms with Gasteiger partial charge in [-0.1, -0.05) is 30.7 Å². The average Bonchev–Trinajstić information content (AvgIpc) is 2.44. The second-order valence-corrected chi connectivity index (χ2v) is 5.84. The summed E-state index contributed by atoms with van der Waals surface area (Å²) in [6.45, 7) is 3.59. The van der Waals surface area contributed by atoms with Gasteiger partial charge in [-0.15, -0.1) is 0 Å². The zero-order valence-electron chi connectivity index (χ0n) is 13.4. The normalized spacial score (nSPS) is 10.6. The molecule has 0 atom stereocenters. The molecule has 0 radical (unpaired) electrons. The number of nitrogens with zero attached hydrogens (tertiary/aromatic N) is 2. The second-order valence-electron chi connectivity index (χ2n) is 5.40. The highest BCUT2D eigenvalue weighted by atomic mass is 35.5. The Balaban J connectivity index is 2.41. The molecule has 122 valence electrons. The van der Waals surface area contributed by atoms with Crippen LogP contribution in [-0.2, 0) is 16.1 Å². The van der Waals surface area contributed by atoms with E-state index in [1.807, 2.05) is 43.1 Å². The van der Waals surface area contributed by atoms with Crippen LogP contribution in [-0.4, -0.2) is 55.3 Å². The molecule has 6 heteroatoms. The van der Waals surface area contributed by atoms with Gasteiger partial charge in [0.05, 0.1) is 13.1 Å². The lowest BCUT2D eigenvalue weighted by Crippen LogP contribution is -2.42. The molecule has 0 heterocycles. The van der Waals surface area contributed by atoms with Crippen molar-refractivity contribution in [3.05, 3.63) is 34.9 Å². The lowest BCUT2D eigenvalue weighted by Gasteiger charge is -2.21. The summed E-state index contributed by atoms with van der Waals surface area (Å²) in [5.41, 5.74) is 1.05. The Morgan fingerprint density at radius 1 is 1.23 bits per heavy atom. The van der Waals surface area contributed by atoms with E-state index in [0.29, 0.717) is 18.1 Å². The number of nitrogens with one attached hydrogen (secondary N) is 1. The molecule has 0 spiro atoms. The minimum Gasteiger partial charge on any atom is -0.355 e. The molecular formula is C16H24ClN3O2. The van der Waals surface area contributed by atoms with Crippen LogP contribution >= 0.6 is 11.6 Å². The molecule has 0 aliphatic carbocycles. The van der Waals surface area contributed by atoms with Crippen LogP contribution in [0.4, 0.5) is 0 Å². The Bertz CT molecular complexity index is 508. The predicted octanol–water partition coefficient (Wildman–Crippen LogP) is 1.76. The second kappa shape index (κ2) is 9.43. The molecule has 2 amide bonds. The van der Waals surface area contributed by atoms with Crippen LogP contribution < -0.4 is 5.32 Å². The van der Waals surface area contributed by atoms with E-state index >= 15 is 0 Å². The third kappa shape index (κ3) is 6.91. The molecule has 0 saturated carbocycles. The zero-order chi connectivity index (χ0) is 16.5. The lowest BCUT2D eigenvalue weighted by atomic mass is 10.2. The fourth-order valence-corrected chi connectivity index (χ4v) is 2.19. The molecule has 0 bridgehead atoms. The molecule has 1 aromatic carbocycles. The molecule has 0 aliphatic rings. The summed E-state index contributed by atoms with van der Waals surface area (Å²) in [5, 5.41) is 3.44. The van der Waals surface area contributed by atoms with E-state index in [0.717, 1.165) is 12.0 Å². The van der Waals surface area contributed by atoms with Crippen molar-refractivity contribution in [1.29, 1.82) is 0 Å². The Morgan fingerprint density at radius 3 is 2.59 bits per heavy atom. The maximum absolute atomic E-state index is 12.1. The summed E-state index contributed by atoms with van der Waals surface area (Å²) in [6.07, 6.45) is 0.881. The summed E-state index contributed by atoms with van der Waals surface area (Å²) in [4.78, 5) is 27.0. The number of carbonyl (C=O) groups is 2. The molecule has 0 aromatic heterocycles. The number of carbonyl (C=O) groups excluding carboxylic acids is 2. The number of amides is 2. The number of benzene rings is 1. The van der Waals surface area contributed by atoms with Crippen molar-refractivity contribution in [3.8, 4) is 0 Å². The van der Waals surface area contributed by atoms with Crippen LogP contribution in [0, 0.1) is 0 Å². The number of hydrogen-bond acceptors (Lipinski definition) is 3. The third-order valence-corrected chi connectivity index (χ3v) is 3.36. The molecule has 1 aromatic rings. The Hall–Kier alpha value is -1.59. The molecule has 1 rings (SSSR count). The van der Waals surface area contributed by atoms with Gasteiger partial charge in [-0.05, 0) is 31.2 Å². The van der Waals surface area contributed by atoms with Gasteiger partial charge in [0.2, 0.25) is 11.8 Å². The van der Waals surface area contributed by atoms with Gasteiger partial charge in [0.25, 0.3) is 0 Å². The van der Waals surface area contributed by atoms with Gasteiger partial charge in [-0.2, -0.15) is 0 Å². The fraction of sp³-hybridized carbons (Fsp3) is 0.500. The van der Waals surface area contributed by atoms with Crippen LogP contribution in [0.1, 0.15) is 18.9 Å². The van der Waals surface area contributed by atoms with Crippen LogP contribution in [0.2, 0.25) is 5.02 Å². The van der Waals surface area contributed by atoms with Crippen molar-refractivity contribution < 1.29 is 9.59 Å². The van der Waals surface area contributed by atoms with Gasteiger partial charge in [0.1, 0.15) is 0 Å². The van der Waals surface area contributed by atoms with Gasteiger partial charge < -0.3 is 10.2 Å². The highest BCUT2D eigenvalue weighted by molar-refractivity contribution is 6.30. The zero-order valence-corrected chi connectivity index (χ0v) is 14.2. The summed E-state index contributed by atoms with van der Waals surface area (Å²) in [5.74, 6) is -0.216. The number of hydrogen-bond donors (Lipinski definition) is 1. The van der Waals surface area contributed by atoms with Crippen LogP contribution in [0.25, 0.3) is 0 Å². The van der Waals surface area contributed by atoms with E-state index < -0.39 is 0 Å². The first-order valence-electron chi connectivity index (χ1n) is 7.36. The topological polar surface area (TPSA) is 52.7 Å². The molecule has 0 saturated heterocycles. The standard InChI is InChI=1S/C16H24ClN3O2/c1-4-8-18-15(21)11-20(3)16(22)12-19(2)10-13-6-5-7-14(17)9-13/h5-7,9H,4,8,10-12H2,1-3H3,(H,18,21). The van der Waals surface area contributed by atoms with E-state index in [1.165, 1.54) is 4.90 Å². The maximum Gasteiger partial charge on any atom is 0.239 e. The molecule has 1 N–H and O–H groups in total. The van der Waals surface area contributed by atoms with E-state index in [-0.39, 0.29) is 24.9 Å². The van der Waals surface area contributed by atoms with E-state index in [2.05, 4.69) is 5.32 Å². The van der Waals surface area contributed by atoms with Crippen LogP contribution in [0.3, 0.4) is 0 Å². The monoisotopic (exact) mass is 325 g/mol. The molecule has 0 fully saturated rings. The quantitative estimate of drug-likeness (QED) is 0.792. The Labute approximate surface area is 137 Å². The molecule has 5 nitrogen and oxygen atoms in total. The Kier molecular flexibility index (Phi) is 7.91. The first-order valence-corrected chi connectivity index (χ1v) is 7.73. The summed E-state index contributed by atoms with van der Waals surface area (Å²) in [7, 11) is 3.50. The highest BCUT2D eigenvalue weighted by Gasteiger charge is 2.14. The minimum atomic E-state index is -0.129. The number of rotatable bonds is 8. The van der Waals surface area contributed by atoms with E-state index in [9.17, 15) is 9.59 Å². The Morgan fingerprint density at radius 2 is 1.95 bits per heavy atom. The predicted molar refractivity (Wildman–Crippen MR) is 88.7 cm³/mol. The largest absolute Gasteiger partial charge is 0.355 e. The van der Waals surface area contributed by atoms with Crippen molar-refractivity contribution in [2.45, 2.75) is 19.9 Å². The lowest BCUT2D eigenvalue weighted by molar-refractivity contribution is -0.135. The summed E-state index contributed by atoms with van der Waals surface area (Å²) >= 11 is 5.95. The van der Waals surface area contributed by atoms with Crippen molar-refractivity contribution in [2.24, 2.45) is 0 Å². The smallest absolute Gasteiger partial charge is 0.239 e. The average molecular weight is 326 g/mol. The first kappa shape index (κ1) is 18.5. The molecule has 22 heavy (non-hydrogen) atoms. The fourth-order valence-electron chi connectivity index (χ4n) is 1.98. The van der Waals surface area contributed by atoms with Crippen LogP contribution in [0.5, 0.6) is 0 Å².